The highest BCUT2D eigenvalue weighted by atomic mass is 32.1. The van der Waals surface area contributed by atoms with Gasteiger partial charge in [0, 0.05) is 13.1 Å². The molecule has 0 N–H and O–H groups in total. The first-order valence-corrected chi connectivity index (χ1v) is 9.67. The van der Waals surface area contributed by atoms with Crippen molar-refractivity contribution in [1.29, 1.82) is 5.26 Å². The number of likely N-dealkylation sites (tertiary alicyclic amines) is 1. The normalized spacial score (nSPS) is 14.4. The van der Waals surface area contributed by atoms with E-state index in [4.69, 9.17) is 14.7 Å². The van der Waals surface area contributed by atoms with Crippen LogP contribution in [0.5, 0.6) is 5.75 Å². The van der Waals surface area contributed by atoms with Crippen LogP contribution in [0.3, 0.4) is 0 Å². The molecule has 1 amide bonds. The van der Waals surface area contributed by atoms with Crippen molar-refractivity contribution in [3.05, 3.63) is 52.2 Å². The largest absolute Gasteiger partial charge is 0.490 e. The summed E-state index contributed by atoms with van der Waals surface area (Å²) in [5.41, 5.74) is 0.567. The van der Waals surface area contributed by atoms with Gasteiger partial charge in [-0.25, -0.2) is 0 Å². The summed E-state index contributed by atoms with van der Waals surface area (Å²) in [5, 5.41) is 10.6. The van der Waals surface area contributed by atoms with E-state index >= 15 is 0 Å². The van der Waals surface area contributed by atoms with Crippen molar-refractivity contribution in [3.8, 4) is 11.8 Å². The Hall–Kier alpha value is -2.85. The molecule has 2 heterocycles. The molecule has 140 valence electrons. The first-order valence-electron chi connectivity index (χ1n) is 8.80. The van der Waals surface area contributed by atoms with E-state index < -0.39 is 0 Å². The van der Waals surface area contributed by atoms with E-state index in [1.54, 1.807) is 29.2 Å². The number of nitriles is 1. The fraction of sp³-hybridized carbons (Fsp3) is 0.350. The third-order valence-corrected chi connectivity index (χ3v) is 5.29. The van der Waals surface area contributed by atoms with Crippen molar-refractivity contribution < 1.29 is 19.1 Å². The fourth-order valence-corrected chi connectivity index (χ4v) is 3.61. The topological polar surface area (TPSA) is 79.6 Å². The number of piperidine rings is 1. The molecule has 0 unspecified atom stereocenters. The van der Waals surface area contributed by atoms with E-state index in [0.29, 0.717) is 37.2 Å². The van der Waals surface area contributed by atoms with Crippen LogP contribution in [-0.2, 0) is 9.53 Å². The van der Waals surface area contributed by atoms with Gasteiger partial charge in [0.2, 0.25) is 0 Å². The maximum atomic E-state index is 12.3. The summed E-state index contributed by atoms with van der Waals surface area (Å²) in [5.74, 6) is 0.257. The molecule has 1 aliphatic rings. The lowest BCUT2D eigenvalue weighted by molar-refractivity contribution is -0.150. The summed E-state index contributed by atoms with van der Waals surface area (Å²) in [6.45, 7) is 1.57. The van der Waals surface area contributed by atoms with Gasteiger partial charge in [-0.3, -0.25) is 9.59 Å². The molecule has 1 fully saturated rings. The molecule has 0 aliphatic carbocycles. The maximum absolute atomic E-state index is 12.3. The SMILES string of the molecule is N#Cc1ccc(OCCOC(=O)C2CCN(C(=O)c3cccs3)CC2)cc1. The Balaban J connectivity index is 1.35. The average molecular weight is 384 g/mol. The Morgan fingerprint density at radius 2 is 1.89 bits per heavy atom. The van der Waals surface area contributed by atoms with Crippen LogP contribution in [-0.4, -0.2) is 43.1 Å². The van der Waals surface area contributed by atoms with Gasteiger partial charge in [-0.1, -0.05) is 6.07 Å². The molecule has 27 heavy (non-hydrogen) atoms. The van der Waals surface area contributed by atoms with Crippen molar-refractivity contribution in [2.24, 2.45) is 5.92 Å². The monoisotopic (exact) mass is 384 g/mol. The zero-order valence-corrected chi connectivity index (χ0v) is 15.6. The Morgan fingerprint density at radius 1 is 1.15 bits per heavy atom. The number of ether oxygens (including phenoxy) is 2. The first kappa shape index (κ1) is 18.9. The summed E-state index contributed by atoms with van der Waals surface area (Å²) in [6.07, 6.45) is 1.23. The van der Waals surface area contributed by atoms with E-state index in [1.807, 2.05) is 23.6 Å². The van der Waals surface area contributed by atoms with Gasteiger partial charge < -0.3 is 14.4 Å². The second-order valence-electron chi connectivity index (χ2n) is 6.20. The highest BCUT2D eigenvalue weighted by molar-refractivity contribution is 7.12. The van der Waals surface area contributed by atoms with Gasteiger partial charge in [-0.15, -0.1) is 11.3 Å². The Morgan fingerprint density at radius 3 is 2.52 bits per heavy atom. The molecule has 1 aromatic carbocycles. The minimum atomic E-state index is -0.235. The van der Waals surface area contributed by atoms with Crippen LogP contribution >= 0.6 is 11.3 Å². The molecule has 1 aliphatic heterocycles. The predicted molar refractivity (Wildman–Crippen MR) is 101 cm³/mol. The molecule has 3 rings (SSSR count). The minimum absolute atomic E-state index is 0.0348. The fourth-order valence-electron chi connectivity index (χ4n) is 2.92. The smallest absolute Gasteiger partial charge is 0.309 e. The van der Waals surface area contributed by atoms with E-state index in [0.717, 1.165) is 4.88 Å². The number of esters is 1. The molecule has 2 aromatic rings. The molecular formula is C20H20N2O4S. The number of nitrogens with zero attached hydrogens (tertiary/aromatic N) is 2. The summed E-state index contributed by atoms with van der Waals surface area (Å²) in [4.78, 5) is 27.0. The summed E-state index contributed by atoms with van der Waals surface area (Å²) in [7, 11) is 0. The molecular weight excluding hydrogens is 364 g/mol. The molecule has 0 atom stereocenters. The number of carbonyl (C=O) groups excluding carboxylic acids is 2. The number of carbonyl (C=O) groups is 2. The van der Waals surface area contributed by atoms with Crippen LogP contribution in [0.25, 0.3) is 0 Å². The summed E-state index contributed by atoms with van der Waals surface area (Å²) in [6, 6.07) is 12.5. The van der Waals surface area contributed by atoms with Crippen molar-refractivity contribution in [1.82, 2.24) is 4.90 Å². The quantitative estimate of drug-likeness (QED) is 0.565. The van der Waals surface area contributed by atoms with Gasteiger partial charge in [-0.05, 0) is 48.6 Å². The number of hydrogen-bond donors (Lipinski definition) is 0. The minimum Gasteiger partial charge on any atom is -0.490 e. The Bertz CT molecular complexity index is 804. The zero-order valence-electron chi connectivity index (χ0n) is 14.8. The highest BCUT2D eigenvalue weighted by Crippen LogP contribution is 2.21. The third kappa shape index (κ3) is 5.08. The number of benzene rings is 1. The molecule has 6 nitrogen and oxygen atoms in total. The predicted octanol–water partition coefficient (Wildman–Crippen LogP) is 3.09. The molecule has 0 spiro atoms. The lowest BCUT2D eigenvalue weighted by atomic mass is 9.97. The van der Waals surface area contributed by atoms with Crippen molar-refractivity contribution >= 4 is 23.2 Å². The van der Waals surface area contributed by atoms with Crippen LogP contribution in [0.1, 0.15) is 28.1 Å². The van der Waals surface area contributed by atoms with Gasteiger partial charge in [0.05, 0.1) is 22.4 Å². The van der Waals surface area contributed by atoms with Crippen molar-refractivity contribution in [2.45, 2.75) is 12.8 Å². The van der Waals surface area contributed by atoms with E-state index in [1.165, 1.54) is 11.3 Å². The maximum Gasteiger partial charge on any atom is 0.309 e. The molecule has 0 bridgehead atoms. The third-order valence-electron chi connectivity index (χ3n) is 4.43. The van der Waals surface area contributed by atoms with Gasteiger partial charge in [0.15, 0.2) is 0 Å². The number of thiophene rings is 1. The highest BCUT2D eigenvalue weighted by Gasteiger charge is 2.29. The average Bonchev–Trinajstić information content (AvgIpc) is 3.26. The van der Waals surface area contributed by atoms with Crippen molar-refractivity contribution in [3.63, 3.8) is 0 Å². The Labute approximate surface area is 161 Å². The number of amides is 1. The summed E-state index contributed by atoms with van der Waals surface area (Å²) < 4.78 is 10.8. The van der Waals surface area contributed by atoms with Gasteiger partial charge >= 0.3 is 5.97 Å². The first-order chi connectivity index (χ1) is 13.2. The molecule has 0 radical (unpaired) electrons. The second-order valence-corrected chi connectivity index (χ2v) is 7.14. The standard InChI is InChI=1S/C20H20N2O4S/c21-14-15-3-5-17(6-4-15)25-11-12-26-20(24)16-7-9-22(10-8-16)19(23)18-2-1-13-27-18/h1-6,13,16H,7-12H2. The molecule has 0 saturated carbocycles. The summed E-state index contributed by atoms with van der Waals surface area (Å²) >= 11 is 1.43. The van der Waals surface area contributed by atoms with Gasteiger partial charge in [0.1, 0.15) is 19.0 Å². The Kier molecular flexibility index (Phi) is 6.44. The van der Waals surface area contributed by atoms with Crippen LogP contribution < -0.4 is 4.74 Å². The molecule has 7 heteroatoms. The number of hydrogen-bond acceptors (Lipinski definition) is 6. The molecule has 1 aromatic heterocycles. The number of rotatable bonds is 6. The van der Waals surface area contributed by atoms with E-state index in [-0.39, 0.29) is 31.0 Å². The van der Waals surface area contributed by atoms with Crippen LogP contribution in [0, 0.1) is 17.2 Å². The van der Waals surface area contributed by atoms with E-state index in [9.17, 15) is 9.59 Å². The van der Waals surface area contributed by atoms with Gasteiger partial charge in [0.25, 0.3) is 5.91 Å². The van der Waals surface area contributed by atoms with Crippen LogP contribution in [0.4, 0.5) is 0 Å². The van der Waals surface area contributed by atoms with E-state index in [2.05, 4.69) is 0 Å². The van der Waals surface area contributed by atoms with Crippen LogP contribution in [0.2, 0.25) is 0 Å². The zero-order chi connectivity index (χ0) is 19.1. The lowest BCUT2D eigenvalue weighted by Crippen LogP contribution is -2.40. The van der Waals surface area contributed by atoms with Crippen LogP contribution in [0.15, 0.2) is 41.8 Å². The van der Waals surface area contributed by atoms with Crippen molar-refractivity contribution in [2.75, 3.05) is 26.3 Å². The molecule has 1 saturated heterocycles. The lowest BCUT2D eigenvalue weighted by Gasteiger charge is -2.30. The second kappa shape index (κ2) is 9.19. The van der Waals surface area contributed by atoms with Gasteiger partial charge in [-0.2, -0.15) is 5.26 Å².